The molecule has 4 N–H and O–H groups in total. The highest BCUT2D eigenvalue weighted by Crippen LogP contribution is 2.27. The summed E-state index contributed by atoms with van der Waals surface area (Å²) in [6.07, 6.45) is 0. The minimum Gasteiger partial charge on any atom is -0.493 e. The molecule has 2 rings (SSSR count). The second kappa shape index (κ2) is 9.34. The molecule has 1 aliphatic heterocycles. The molecule has 1 aromatic rings. The molecule has 0 bridgehead atoms. The number of piperazine rings is 1. The zero-order chi connectivity index (χ0) is 16.5. The van der Waals surface area contributed by atoms with Crippen LogP contribution in [0.3, 0.4) is 0 Å². The summed E-state index contributed by atoms with van der Waals surface area (Å²) in [5.41, 5.74) is 6.19. The summed E-state index contributed by atoms with van der Waals surface area (Å²) in [5.74, 6) is 0.620. The van der Waals surface area contributed by atoms with Crippen molar-refractivity contribution in [1.82, 2.24) is 15.5 Å². The van der Waals surface area contributed by atoms with Crippen molar-refractivity contribution in [1.29, 1.82) is 0 Å². The van der Waals surface area contributed by atoms with E-state index >= 15 is 0 Å². The van der Waals surface area contributed by atoms with Crippen molar-refractivity contribution in [3.05, 3.63) is 23.8 Å². The van der Waals surface area contributed by atoms with Crippen LogP contribution >= 0.6 is 0 Å². The number of carbonyl (C=O) groups excluding carboxylic acids is 1. The van der Waals surface area contributed by atoms with Crippen LogP contribution in [-0.2, 0) is 11.3 Å². The number of ether oxygens (including phenoxy) is 2. The van der Waals surface area contributed by atoms with Crippen molar-refractivity contribution in [2.45, 2.75) is 6.54 Å². The molecule has 1 saturated heterocycles. The van der Waals surface area contributed by atoms with E-state index in [1.54, 1.807) is 13.2 Å². The van der Waals surface area contributed by atoms with Gasteiger partial charge in [0.15, 0.2) is 18.1 Å². The summed E-state index contributed by atoms with van der Waals surface area (Å²) >= 11 is 0. The van der Waals surface area contributed by atoms with Gasteiger partial charge in [-0.05, 0) is 17.7 Å². The number of nitrogens with one attached hydrogen (secondary N) is 2. The number of rotatable bonds is 9. The molecular weight excluding hydrogens is 296 g/mol. The van der Waals surface area contributed by atoms with Gasteiger partial charge in [-0.15, -0.1) is 0 Å². The molecule has 7 nitrogen and oxygen atoms in total. The first-order valence-corrected chi connectivity index (χ1v) is 7.91. The van der Waals surface area contributed by atoms with E-state index in [1.807, 2.05) is 12.1 Å². The van der Waals surface area contributed by atoms with Gasteiger partial charge in [0.1, 0.15) is 0 Å². The van der Waals surface area contributed by atoms with Crippen LogP contribution in [0.15, 0.2) is 18.2 Å². The summed E-state index contributed by atoms with van der Waals surface area (Å²) in [5, 5.41) is 6.79. The van der Waals surface area contributed by atoms with Gasteiger partial charge >= 0.3 is 0 Å². The van der Waals surface area contributed by atoms with E-state index in [9.17, 15) is 4.79 Å². The molecule has 0 saturated carbocycles. The summed E-state index contributed by atoms with van der Waals surface area (Å²) in [6, 6.07) is 5.67. The first-order chi connectivity index (χ1) is 11.2. The zero-order valence-corrected chi connectivity index (χ0v) is 13.6. The van der Waals surface area contributed by atoms with Gasteiger partial charge in [-0.2, -0.15) is 0 Å². The fourth-order valence-electron chi connectivity index (χ4n) is 2.49. The normalized spacial score (nSPS) is 15.3. The lowest BCUT2D eigenvalue weighted by molar-refractivity contribution is -0.119. The lowest BCUT2D eigenvalue weighted by atomic mass is 10.2. The summed E-state index contributed by atoms with van der Waals surface area (Å²) in [7, 11) is 1.58. The van der Waals surface area contributed by atoms with Crippen molar-refractivity contribution in [2.75, 3.05) is 53.0 Å². The molecule has 1 aromatic carbocycles. The Bertz CT molecular complexity index is 504. The Morgan fingerprint density at radius 2 is 2.13 bits per heavy atom. The van der Waals surface area contributed by atoms with Crippen LogP contribution < -0.4 is 25.8 Å². The van der Waals surface area contributed by atoms with E-state index in [0.29, 0.717) is 11.5 Å². The highest BCUT2D eigenvalue weighted by atomic mass is 16.5. The maximum atomic E-state index is 10.8. The number of nitrogens with zero attached hydrogens (tertiary/aromatic N) is 1. The van der Waals surface area contributed by atoms with Crippen LogP contribution in [0.5, 0.6) is 11.5 Å². The number of amides is 1. The van der Waals surface area contributed by atoms with Crippen LogP contribution in [0.25, 0.3) is 0 Å². The minimum atomic E-state index is -0.509. The average Bonchev–Trinajstić information content (AvgIpc) is 2.58. The van der Waals surface area contributed by atoms with Gasteiger partial charge in [-0.3, -0.25) is 9.69 Å². The molecule has 0 atom stereocenters. The van der Waals surface area contributed by atoms with Crippen LogP contribution in [-0.4, -0.2) is 63.8 Å². The lowest BCUT2D eigenvalue weighted by Crippen LogP contribution is -2.45. The van der Waals surface area contributed by atoms with Crippen molar-refractivity contribution >= 4 is 5.91 Å². The van der Waals surface area contributed by atoms with E-state index in [2.05, 4.69) is 15.5 Å². The van der Waals surface area contributed by atoms with Crippen molar-refractivity contribution in [3.63, 3.8) is 0 Å². The fourth-order valence-corrected chi connectivity index (χ4v) is 2.49. The van der Waals surface area contributed by atoms with Crippen LogP contribution in [0, 0.1) is 0 Å². The molecular formula is C16H26N4O3. The zero-order valence-electron chi connectivity index (χ0n) is 13.6. The Morgan fingerprint density at radius 3 is 2.83 bits per heavy atom. The predicted octanol–water partition coefficient (Wildman–Crippen LogP) is -0.446. The maximum Gasteiger partial charge on any atom is 0.255 e. The number of primary amides is 1. The van der Waals surface area contributed by atoms with Crippen molar-refractivity contribution in [3.8, 4) is 11.5 Å². The average molecular weight is 322 g/mol. The monoisotopic (exact) mass is 322 g/mol. The largest absolute Gasteiger partial charge is 0.493 e. The van der Waals surface area contributed by atoms with Crippen molar-refractivity contribution < 1.29 is 14.3 Å². The smallest absolute Gasteiger partial charge is 0.255 e. The number of benzene rings is 1. The van der Waals surface area contributed by atoms with E-state index in [-0.39, 0.29) is 6.61 Å². The van der Waals surface area contributed by atoms with Gasteiger partial charge in [-0.1, -0.05) is 6.07 Å². The topological polar surface area (TPSA) is 88.8 Å². The van der Waals surface area contributed by atoms with Crippen LogP contribution in [0.4, 0.5) is 0 Å². The van der Waals surface area contributed by atoms with E-state index in [1.165, 1.54) is 0 Å². The number of methoxy groups -OCH3 is 1. The van der Waals surface area contributed by atoms with Gasteiger partial charge in [0, 0.05) is 45.8 Å². The Hall–Kier alpha value is -1.83. The van der Waals surface area contributed by atoms with E-state index < -0.39 is 5.91 Å². The summed E-state index contributed by atoms with van der Waals surface area (Å²) in [6.45, 7) is 6.98. The highest BCUT2D eigenvalue weighted by molar-refractivity contribution is 5.75. The first kappa shape index (κ1) is 17.5. The van der Waals surface area contributed by atoms with Crippen molar-refractivity contribution in [2.24, 2.45) is 5.73 Å². The minimum absolute atomic E-state index is 0.154. The van der Waals surface area contributed by atoms with Gasteiger partial charge < -0.3 is 25.8 Å². The third-order valence-electron chi connectivity index (χ3n) is 3.74. The van der Waals surface area contributed by atoms with E-state index in [4.69, 9.17) is 15.2 Å². The van der Waals surface area contributed by atoms with Gasteiger partial charge in [0.05, 0.1) is 7.11 Å². The molecule has 0 spiro atoms. The standard InChI is InChI=1S/C16H26N4O3/c1-22-15-10-13(2-3-14(15)23-12-16(17)21)11-19-6-9-20-7-4-18-5-8-20/h2-3,10,18-19H,4-9,11-12H2,1H3,(H2,17,21). The molecule has 1 aliphatic rings. The first-order valence-electron chi connectivity index (χ1n) is 7.91. The Balaban J connectivity index is 1.77. The Labute approximate surface area is 137 Å². The van der Waals surface area contributed by atoms with Gasteiger partial charge in [-0.25, -0.2) is 0 Å². The SMILES string of the molecule is COc1cc(CNCCN2CCNCC2)ccc1OCC(N)=O. The molecule has 0 radical (unpaired) electrons. The molecule has 128 valence electrons. The Morgan fingerprint density at radius 1 is 1.35 bits per heavy atom. The molecule has 1 heterocycles. The second-order valence-electron chi connectivity index (χ2n) is 5.51. The predicted molar refractivity (Wildman–Crippen MR) is 88.7 cm³/mol. The van der Waals surface area contributed by atoms with Gasteiger partial charge in [0.25, 0.3) is 5.91 Å². The van der Waals surface area contributed by atoms with E-state index in [0.717, 1.165) is 51.4 Å². The van der Waals surface area contributed by atoms with Crippen LogP contribution in [0.1, 0.15) is 5.56 Å². The molecule has 0 aromatic heterocycles. The number of hydrogen-bond donors (Lipinski definition) is 3. The number of hydrogen-bond acceptors (Lipinski definition) is 6. The molecule has 7 heteroatoms. The fraction of sp³-hybridized carbons (Fsp3) is 0.562. The molecule has 1 fully saturated rings. The summed E-state index contributed by atoms with van der Waals surface area (Å²) in [4.78, 5) is 13.2. The summed E-state index contributed by atoms with van der Waals surface area (Å²) < 4.78 is 10.6. The third-order valence-corrected chi connectivity index (χ3v) is 3.74. The lowest BCUT2D eigenvalue weighted by Gasteiger charge is -2.27. The molecule has 23 heavy (non-hydrogen) atoms. The number of nitrogens with two attached hydrogens (primary N) is 1. The number of carbonyl (C=O) groups is 1. The molecule has 0 aliphatic carbocycles. The van der Waals surface area contributed by atoms with Gasteiger partial charge in [0.2, 0.25) is 0 Å². The van der Waals surface area contributed by atoms with Crippen LogP contribution in [0.2, 0.25) is 0 Å². The maximum absolute atomic E-state index is 10.8. The molecule has 1 amide bonds. The molecule has 0 unspecified atom stereocenters. The quantitative estimate of drug-likeness (QED) is 0.534. The second-order valence-corrected chi connectivity index (χ2v) is 5.51. The Kier molecular flexibility index (Phi) is 7.12. The third kappa shape index (κ3) is 6.05. The highest BCUT2D eigenvalue weighted by Gasteiger charge is 2.09.